The Bertz CT molecular complexity index is 529. The number of ether oxygens (including phenoxy) is 1. The summed E-state index contributed by atoms with van der Waals surface area (Å²) in [5.41, 5.74) is 1.74. The first-order valence-electron chi connectivity index (χ1n) is 5.14. The number of halogens is 2. The fourth-order valence-corrected chi connectivity index (χ4v) is 1.80. The van der Waals surface area contributed by atoms with Crippen molar-refractivity contribution < 1.29 is 4.74 Å². The first kappa shape index (κ1) is 12.2. The molecule has 2 rings (SSSR count). The molecule has 0 unspecified atom stereocenters. The average Bonchev–Trinajstić information content (AvgIpc) is 2.29. The number of hydrogen-bond acceptors (Lipinski definition) is 2. The van der Waals surface area contributed by atoms with Crippen LogP contribution in [0.15, 0.2) is 36.5 Å². The average molecular weight is 268 g/mol. The van der Waals surface area contributed by atoms with Crippen LogP contribution in [-0.4, -0.2) is 4.98 Å². The van der Waals surface area contributed by atoms with Gasteiger partial charge in [-0.1, -0.05) is 17.7 Å². The maximum Gasteiger partial charge on any atom is 0.135 e. The van der Waals surface area contributed by atoms with Gasteiger partial charge in [0, 0.05) is 28.5 Å². The van der Waals surface area contributed by atoms with E-state index in [1.165, 1.54) is 0 Å². The first-order valence-corrected chi connectivity index (χ1v) is 6.05. The molecule has 0 saturated carbocycles. The summed E-state index contributed by atoms with van der Waals surface area (Å²) in [4.78, 5) is 4.18. The molecule has 0 amide bonds. The standard InChI is InChI=1S/C13H11Cl2NO/c1-9-5-13(10(7-14)8-16-9)17-12-4-2-3-11(15)6-12/h2-6,8H,7H2,1H3. The molecule has 2 aromatic rings. The number of nitrogens with zero attached hydrogens (tertiary/aromatic N) is 1. The highest BCUT2D eigenvalue weighted by Crippen LogP contribution is 2.28. The Morgan fingerprint density at radius 2 is 2.12 bits per heavy atom. The van der Waals surface area contributed by atoms with Crippen LogP contribution in [0.2, 0.25) is 5.02 Å². The monoisotopic (exact) mass is 267 g/mol. The Balaban J connectivity index is 2.32. The molecule has 0 aliphatic heterocycles. The van der Waals surface area contributed by atoms with Crippen LogP contribution in [0.1, 0.15) is 11.3 Å². The first-order chi connectivity index (χ1) is 8.19. The van der Waals surface area contributed by atoms with Gasteiger partial charge in [-0.2, -0.15) is 0 Å². The van der Waals surface area contributed by atoms with Gasteiger partial charge < -0.3 is 4.74 Å². The smallest absolute Gasteiger partial charge is 0.135 e. The summed E-state index contributed by atoms with van der Waals surface area (Å²) >= 11 is 11.7. The summed E-state index contributed by atoms with van der Waals surface area (Å²) in [6.07, 6.45) is 1.72. The molecule has 0 radical (unpaired) electrons. The number of alkyl halides is 1. The van der Waals surface area contributed by atoms with Crippen molar-refractivity contribution in [1.29, 1.82) is 0 Å². The van der Waals surface area contributed by atoms with E-state index in [0.29, 0.717) is 16.7 Å². The highest BCUT2D eigenvalue weighted by Gasteiger charge is 2.05. The molecule has 2 nitrogen and oxygen atoms in total. The van der Waals surface area contributed by atoms with E-state index in [2.05, 4.69) is 4.98 Å². The molecule has 0 atom stereocenters. The van der Waals surface area contributed by atoms with E-state index in [-0.39, 0.29) is 0 Å². The molecule has 0 N–H and O–H groups in total. The highest BCUT2D eigenvalue weighted by molar-refractivity contribution is 6.30. The molecule has 4 heteroatoms. The molecule has 88 valence electrons. The van der Waals surface area contributed by atoms with E-state index in [1.54, 1.807) is 18.3 Å². The zero-order valence-corrected chi connectivity index (χ0v) is 10.8. The minimum absolute atomic E-state index is 0.364. The van der Waals surface area contributed by atoms with Crippen molar-refractivity contribution in [3.05, 3.63) is 52.8 Å². The number of hydrogen-bond donors (Lipinski definition) is 0. The maximum absolute atomic E-state index is 5.90. The Morgan fingerprint density at radius 3 is 2.82 bits per heavy atom. The number of aryl methyl sites for hydroxylation is 1. The SMILES string of the molecule is Cc1cc(Oc2cccc(Cl)c2)c(CCl)cn1. The van der Waals surface area contributed by atoms with Gasteiger partial charge in [0.05, 0.1) is 5.88 Å². The molecule has 0 fully saturated rings. The van der Waals surface area contributed by atoms with Gasteiger partial charge in [0.2, 0.25) is 0 Å². The van der Waals surface area contributed by atoms with Crippen molar-refractivity contribution in [3.8, 4) is 11.5 Å². The predicted octanol–water partition coefficient (Wildman–Crippen LogP) is 4.57. The minimum atomic E-state index is 0.364. The molecule has 0 aliphatic rings. The van der Waals surface area contributed by atoms with Gasteiger partial charge in [0.15, 0.2) is 0 Å². The number of rotatable bonds is 3. The van der Waals surface area contributed by atoms with Gasteiger partial charge in [-0.3, -0.25) is 4.98 Å². The molecule has 1 aromatic heterocycles. The van der Waals surface area contributed by atoms with E-state index >= 15 is 0 Å². The van der Waals surface area contributed by atoms with Crippen molar-refractivity contribution in [1.82, 2.24) is 4.98 Å². The Morgan fingerprint density at radius 1 is 1.29 bits per heavy atom. The molecule has 0 aliphatic carbocycles. The zero-order chi connectivity index (χ0) is 12.3. The third-order valence-corrected chi connectivity index (χ3v) is 2.77. The number of pyridine rings is 1. The molecule has 1 heterocycles. The predicted molar refractivity (Wildman–Crippen MR) is 70.1 cm³/mol. The van der Waals surface area contributed by atoms with Crippen molar-refractivity contribution in [3.63, 3.8) is 0 Å². The topological polar surface area (TPSA) is 22.1 Å². The van der Waals surface area contributed by atoms with Crippen LogP contribution in [-0.2, 0) is 5.88 Å². The van der Waals surface area contributed by atoms with Crippen molar-refractivity contribution >= 4 is 23.2 Å². The van der Waals surface area contributed by atoms with Crippen LogP contribution in [0.25, 0.3) is 0 Å². The third-order valence-electron chi connectivity index (χ3n) is 2.25. The lowest BCUT2D eigenvalue weighted by atomic mass is 10.2. The van der Waals surface area contributed by atoms with E-state index in [4.69, 9.17) is 27.9 Å². The van der Waals surface area contributed by atoms with Crippen molar-refractivity contribution in [2.45, 2.75) is 12.8 Å². The molecule has 0 saturated heterocycles. The summed E-state index contributed by atoms with van der Waals surface area (Å²) in [5.74, 6) is 1.77. The normalized spacial score (nSPS) is 10.3. The lowest BCUT2D eigenvalue weighted by molar-refractivity contribution is 0.477. The Labute approximate surface area is 110 Å². The van der Waals surface area contributed by atoms with Crippen molar-refractivity contribution in [2.75, 3.05) is 0 Å². The van der Waals surface area contributed by atoms with E-state index in [1.807, 2.05) is 25.1 Å². The van der Waals surface area contributed by atoms with Crippen LogP contribution in [0.3, 0.4) is 0 Å². The zero-order valence-electron chi connectivity index (χ0n) is 9.28. The van der Waals surface area contributed by atoms with Crippen molar-refractivity contribution in [2.24, 2.45) is 0 Å². The molecule has 17 heavy (non-hydrogen) atoms. The lowest BCUT2D eigenvalue weighted by Gasteiger charge is -2.10. The van der Waals surface area contributed by atoms with E-state index in [0.717, 1.165) is 17.0 Å². The van der Waals surface area contributed by atoms with Gasteiger partial charge >= 0.3 is 0 Å². The van der Waals surface area contributed by atoms with Gasteiger partial charge in [-0.15, -0.1) is 11.6 Å². The van der Waals surface area contributed by atoms with E-state index < -0.39 is 0 Å². The van der Waals surface area contributed by atoms with Crippen LogP contribution in [0, 0.1) is 6.92 Å². The maximum atomic E-state index is 5.90. The summed E-state index contributed by atoms with van der Waals surface area (Å²) in [6, 6.07) is 9.11. The summed E-state index contributed by atoms with van der Waals surface area (Å²) < 4.78 is 5.75. The summed E-state index contributed by atoms with van der Waals surface area (Å²) in [5, 5.41) is 0.640. The van der Waals surface area contributed by atoms with Crippen LogP contribution in [0.4, 0.5) is 0 Å². The lowest BCUT2D eigenvalue weighted by Crippen LogP contribution is -1.92. The largest absolute Gasteiger partial charge is 0.457 e. The fourth-order valence-electron chi connectivity index (χ4n) is 1.42. The molecular formula is C13H11Cl2NO. The molecular weight excluding hydrogens is 257 g/mol. The summed E-state index contributed by atoms with van der Waals surface area (Å²) in [7, 11) is 0. The fraction of sp³-hybridized carbons (Fsp3) is 0.154. The Hall–Kier alpha value is -1.25. The quantitative estimate of drug-likeness (QED) is 0.760. The van der Waals surface area contributed by atoms with E-state index in [9.17, 15) is 0 Å². The molecule has 1 aromatic carbocycles. The second kappa shape index (κ2) is 5.39. The number of benzene rings is 1. The van der Waals surface area contributed by atoms with Gasteiger partial charge in [-0.25, -0.2) is 0 Å². The third kappa shape index (κ3) is 3.11. The van der Waals surface area contributed by atoms with Gasteiger partial charge in [-0.05, 0) is 25.1 Å². The highest BCUT2D eigenvalue weighted by atomic mass is 35.5. The molecule has 0 bridgehead atoms. The van der Waals surface area contributed by atoms with Crippen LogP contribution < -0.4 is 4.74 Å². The summed E-state index contributed by atoms with van der Waals surface area (Å²) in [6.45, 7) is 1.91. The second-order valence-electron chi connectivity index (χ2n) is 3.63. The van der Waals surface area contributed by atoms with Crippen LogP contribution >= 0.6 is 23.2 Å². The number of aromatic nitrogens is 1. The second-order valence-corrected chi connectivity index (χ2v) is 4.33. The molecule has 0 spiro atoms. The van der Waals surface area contributed by atoms with Gasteiger partial charge in [0.1, 0.15) is 11.5 Å². The van der Waals surface area contributed by atoms with Crippen LogP contribution in [0.5, 0.6) is 11.5 Å². The Kier molecular flexibility index (Phi) is 3.87. The van der Waals surface area contributed by atoms with Gasteiger partial charge in [0.25, 0.3) is 0 Å². The minimum Gasteiger partial charge on any atom is -0.457 e.